The molecule has 0 aliphatic rings. The van der Waals surface area contributed by atoms with Gasteiger partial charge < -0.3 is 10.1 Å². The fourth-order valence-corrected chi connectivity index (χ4v) is 4.11. The molecule has 0 saturated carbocycles. The Hall–Kier alpha value is -3.84. The summed E-state index contributed by atoms with van der Waals surface area (Å²) in [6.07, 6.45) is 2.60. The number of ether oxygens (including phenoxy) is 1. The van der Waals surface area contributed by atoms with Gasteiger partial charge in [-0.15, -0.1) is 0 Å². The Bertz CT molecular complexity index is 1360. The van der Waals surface area contributed by atoms with Crippen LogP contribution in [0.25, 0.3) is 11.3 Å². The molecule has 1 N–H and O–H groups in total. The lowest BCUT2D eigenvalue weighted by atomic mass is 10.0. The molecule has 1 amide bonds. The molecule has 0 unspecified atom stereocenters. The number of nitrogens with one attached hydrogen (secondary N) is 1. The van der Waals surface area contributed by atoms with Gasteiger partial charge in [-0.2, -0.15) is 0 Å². The molecule has 1 aromatic heterocycles. The van der Waals surface area contributed by atoms with Crippen LogP contribution in [-0.4, -0.2) is 15.9 Å². The van der Waals surface area contributed by atoms with Crippen molar-refractivity contribution >= 4 is 23.2 Å². The highest BCUT2D eigenvalue weighted by Crippen LogP contribution is 2.33. The molecule has 37 heavy (non-hydrogen) atoms. The van der Waals surface area contributed by atoms with Crippen LogP contribution in [0.3, 0.4) is 0 Å². The maximum Gasteiger partial charge on any atom is 0.273 e. The number of nitrogens with zero attached hydrogens (tertiary/aromatic N) is 2. The molecule has 1 atom stereocenters. The number of amides is 1. The largest absolute Gasteiger partial charge is 0.468 e. The van der Waals surface area contributed by atoms with Gasteiger partial charge in [0.2, 0.25) is 11.8 Å². The third-order valence-electron chi connectivity index (χ3n) is 5.92. The molecule has 0 aliphatic carbocycles. The SMILES string of the molecule is CCC(F)(F)c1ccc(CC(=O)Nc2ccc(-c3nccnc3O[C@@H](C)c3ccccc3Cl)cc2)cc1. The zero-order chi connectivity index (χ0) is 26.4. The van der Waals surface area contributed by atoms with E-state index in [1.165, 1.54) is 19.1 Å². The second-order valence-electron chi connectivity index (χ2n) is 8.55. The number of aromatic nitrogens is 2. The summed E-state index contributed by atoms with van der Waals surface area (Å²) in [6.45, 7) is 3.33. The van der Waals surface area contributed by atoms with Crippen molar-refractivity contribution in [2.24, 2.45) is 0 Å². The van der Waals surface area contributed by atoms with Crippen molar-refractivity contribution in [3.05, 3.63) is 107 Å². The van der Waals surface area contributed by atoms with E-state index < -0.39 is 5.92 Å². The van der Waals surface area contributed by atoms with E-state index in [0.29, 0.717) is 27.8 Å². The fraction of sp³-hybridized carbons (Fsp3) is 0.207. The average Bonchev–Trinajstić information content (AvgIpc) is 2.90. The Morgan fingerprint density at radius 3 is 2.35 bits per heavy atom. The van der Waals surface area contributed by atoms with Gasteiger partial charge in [-0.25, -0.2) is 18.7 Å². The van der Waals surface area contributed by atoms with E-state index in [1.807, 2.05) is 37.3 Å². The molecule has 0 saturated heterocycles. The number of hydrogen-bond acceptors (Lipinski definition) is 4. The van der Waals surface area contributed by atoms with E-state index in [2.05, 4.69) is 15.3 Å². The Kier molecular flexibility index (Phi) is 8.14. The molecular formula is C29H26ClF2N3O2. The number of rotatable bonds is 9. The molecule has 0 spiro atoms. The summed E-state index contributed by atoms with van der Waals surface area (Å²) in [5, 5.41) is 3.44. The summed E-state index contributed by atoms with van der Waals surface area (Å²) in [6, 6.07) is 20.5. The lowest BCUT2D eigenvalue weighted by molar-refractivity contribution is -0.115. The predicted octanol–water partition coefficient (Wildman–Crippen LogP) is 7.62. The van der Waals surface area contributed by atoms with Gasteiger partial charge in [0.15, 0.2) is 0 Å². The Labute approximate surface area is 219 Å². The van der Waals surface area contributed by atoms with Crippen molar-refractivity contribution in [3.8, 4) is 17.1 Å². The first-order valence-electron chi connectivity index (χ1n) is 11.9. The molecule has 1 heterocycles. The molecule has 0 radical (unpaired) electrons. The number of carbonyl (C=O) groups excluding carboxylic acids is 1. The van der Waals surface area contributed by atoms with Crippen LogP contribution >= 0.6 is 11.6 Å². The van der Waals surface area contributed by atoms with E-state index >= 15 is 0 Å². The summed E-state index contributed by atoms with van der Waals surface area (Å²) in [5.41, 5.74) is 3.36. The lowest BCUT2D eigenvalue weighted by Crippen LogP contribution is -2.15. The molecular weight excluding hydrogens is 496 g/mol. The van der Waals surface area contributed by atoms with Crippen molar-refractivity contribution in [2.75, 3.05) is 5.32 Å². The van der Waals surface area contributed by atoms with Crippen molar-refractivity contribution in [2.45, 2.75) is 38.7 Å². The van der Waals surface area contributed by atoms with Crippen LogP contribution in [-0.2, 0) is 17.1 Å². The normalized spacial score (nSPS) is 12.1. The highest BCUT2D eigenvalue weighted by molar-refractivity contribution is 6.31. The zero-order valence-electron chi connectivity index (χ0n) is 20.4. The molecule has 5 nitrogen and oxygen atoms in total. The summed E-state index contributed by atoms with van der Waals surface area (Å²) in [4.78, 5) is 21.3. The van der Waals surface area contributed by atoms with Gasteiger partial charge in [-0.1, -0.05) is 73.1 Å². The van der Waals surface area contributed by atoms with Crippen LogP contribution in [0.15, 0.2) is 85.2 Å². The summed E-state index contributed by atoms with van der Waals surface area (Å²) in [5.74, 6) is -2.76. The summed E-state index contributed by atoms with van der Waals surface area (Å²) >= 11 is 6.30. The fourth-order valence-electron chi connectivity index (χ4n) is 3.82. The van der Waals surface area contributed by atoms with Gasteiger partial charge in [0.25, 0.3) is 5.92 Å². The van der Waals surface area contributed by atoms with E-state index in [4.69, 9.17) is 16.3 Å². The van der Waals surface area contributed by atoms with E-state index in [1.54, 1.807) is 42.7 Å². The second kappa shape index (κ2) is 11.5. The molecule has 0 bridgehead atoms. The van der Waals surface area contributed by atoms with Crippen LogP contribution in [0.4, 0.5) is 14.5 Å². The molecule has 3 aromatic carbocycles. The Balaban J connectivity index is 1.42. The second-order valence-corrected chi connectivity index (χ2v) is 8.96. The minimum absolute atomic E-state index is 0.0524. The Morgan fingerprint density at radius 1 is 1.00 bits per heavy atom. The lowest BCUT2D eigenvalue weighted by Gasteiger charge is -2.17. The number of carbonyl (C=O) groups is 1. The van der Waals surface area contributed by atoms with Crippen LogP contribution in [0.1, 0.15) is 43.1 Å². The number of anilines is 1. The predicted molar refractivity (Wildman–Crippen MR) is 141 cm³/mol. The van der Waals surface area contributed by atoms with Gasteiger partial charge in [0.1, 0.15) is 11.8 Å². The van der Waals surface area contributed by atoms with Crippen LogP contribution in [0, 0.1) is 0 Å². The maximum absolute atomic E-state index is 13.8. The highest BCUT2D eigenvalue weighted by Gasteiger charge is 2.28. The van der Waals surface area contributed by atoms with Crippen LogP contribution < -0.4 is 10.1 Å². The van der Waals surface area contributed by atoms with Gasteiger partial charge in [0.05, 0.1) is 6.42 Å². The number of alkyl halides is 2. The topological polar surface area (TPSA) is 64.1 Å². The summed E-state index contributed by atoms with van der Waals surface area (Å²) in [7, 11) is 0. The number of hydrogen-bond donors (Lipinski definition) is 1. The van der Waals surface area contributed by atoms with Crippen molar-refractivity contribution < 1.29 is 18.3 Å². The maximum atomic E-state index is 13.8. The third kappa shape index (κ3) is 6.49. The first kappa shape index (κ1) is 26.2. The van der Waals surface area contributed by atoms with Crippen molar-refractivity contribution in [1.82, 2.24) is 9.97 Å². The van der Waals surface area contributed by atoms with E-state index in [9.17, 15) is 13.6 Å². The van der Waals surface area contributed by atoms with Crippen LogP contribution in [0.2, 0.25) is 5.02 Å². The smallest absolute Gasteiger partial charge is 0.273 e. The monoisotopic (exact) mass is 521 g/mol. The zero-order valence-corrected chi connectivity index (χ0v) is 21.2. The van der Waals surface area contributed by atoms with Gasteiger partial charge in [-0.3, -0.25) is 4.79 Å². The molecule has 4 rings (SSSR count). The van der Waals surface area contributed by atoms with Gasteiger partial charge >= 0.3 is 0 Å². The quantitative estimate of drug-likeness (QED) is 0.246. The molecule has 190 valence electrons. The molecule has 0 fully saturated rings. The molecule has 8 heteroatoms. The average molecular weight is 522 g/mol. The Morgan fingerprint density at radius 2 is 1.68 bits per heavy atom. The third-order valence-corrected chi connectivity index (χ3v) is 6.27. The number of benzene rings is 3. The van der Waals surface area contributed by atoms with Crippen molar-refractivity contribution in [3.63, 3.8) is 0 Å². The first-order chi connectivity index (χ1) is 17.8. The minimum atomic E-state index is -2.87. The van der Waals surface area contributed by atoms with Crippen molar-refractivity contribution in [1.29, 1.82) is 0 Å². The first-order valence-corrected chi connectivity index (χ1v) is 12.2. The highest BCUT2D eigenvalue weighted by atomic mass is 35.5. The minimum Gasteiger partial charge on any atom is -0.468 e. The van der Waals surface area contributed by atoms with Gasteiger partial charge in [-0.05, 0) is 30.7 Å². The molecule has 0 aliphatic heterocycles. The van der Waals surface area contributed by atoms with Gasteiger partial charge in [0, 0.05) is 46.2 Å². The van der Waals surface area contributed by atoms with E-state index in [0.717, 1.165) is 11.1 Å². The van der Waals surface area contributed by atoms with Crippen LogP contribution in [0.5, 0.6) is 5.88 Å². The molecule has 4 aromatic rings. The standard InChI is InChI=1S/C29H26ClF2N3O2/c1-3-29(31,32)22-12-8-20(9-13-22)18-26(36)35-23-14-10-21(11-15-23)27-28(34-17-16-33-27)37-19(2)24-6-4-5-7-25(24)30/h4-17,19H,3,18H2,1-2H3,(H,35,36)/t19-/m0/s1. The van der Waals surface area contributed by atoms with E-state index in [-0.39, 0.29) is 30.4 Å². The summed E-state index contributed by atoms with van der Waals surface area (Å²) < 4.78 is 33.7. The number of halogens is 3.